The van der Waals surface area contributed by atoms with Crippen molar-refractivity contribution >= 4 is 31.5 Å². The summed E-state index contributed by atoms with van der Waals surface area (Å²) in [6, 6.07) is 16.8. The van der Waals surface area contributed by atoms with Gasteiger partial charge >= 0.3 is 12.4 Å². The van der Waals surface area contributed by atoms with Gasteiger partial charge in [-0.3, -0.25) is 19.6 Å². The van der Waals surface area contributed by atoms with Gasteiger partial charge in [0.1, 0.15) is 11.1 Å². The van der Waals surface area contributed by atoms with Crippen LogP contribution in [0.2, 0.25) is 0 Å². The van der Waals surface area contributed by atoms with Gasteiger partial charge in [0.15, 0.2) is 19.7 Å². The predicted molar refractivity (Wildman–Crippen MR) is 258 cm³/mol. The first-order valence-electron chi connectivity index (χ1n) is 24.1. The molecule has 2 aromatic heterocycles. The molecule has 8 rings (SSSR count). The molecule has 0 unspecified atom stereocenters. The van der Waals surface area contributed by atoms with Crippen LogP contribution in [-0.2, 0) is 51.1 Å². The second kappa shape index (κ2) is 21.0. The molecule has 2 heterocycles. The Morgan fingerprint density at radius 2 is 0.932 bits per heavy atom. The van der Waals surface area contributed by atoms with Gasteiger partial charge in [-0.15, -0.1) is 0 Å². The van der Waals surface area contributed by atoms with E-state index in [1.165, 1.54) is 24.5 Å². The number of sulfone groups is 2. The molecule has 2 amide bonds. The van der Waals surface area contributed by atoms with E-state index in [1.807, 2.05) is 0 Å². The van der Waals surface area contributed by atoms with Gasteiger partial charge in [-0.2, -0.15) is 36.9 Å². The van der Waals surface area contributed by atoms with Crippen LogP contribution in [0.4, 0.5) is 26.3 Å². The number of benzene rings is 2. The third kappa shape index (κ3) is 12.4. The molecule has 14 nitrogen and oxygen atoms in total. The van der Waals surface area contributed by atoms with E-state index in [4.69, 9.17) is 9.47 Å². The normalized spacial score (nSPS) is 23.0. The molecule has 2 N–H and O–H groups in total. The average Bonchev–Trinajstić information content (AvgIpc) is 4.19. The average molecular weight is 1070 g/mol. The lowest BCUT2D eigenvalue weighted by Crippen LogP contribution is -2.43. The quantitative estimate of drug-likeness (QED) is 0.113. The Bertz CT molecular complexity index is 2900. The number of nitriles is 2. The molecule has 0 bridgehead atoms. The molecule has 6 atom stereocenters. The maximum Gasteiger partial charge on any atom is 0.417 e. The summed E-state index contributed by atoms with van der Waals surface area (Å²) in [5.41, 5.74) is -1.81. The molecule has 4 aliphatic carbocycles. The van der Waals surface area contributed by atoms with Crippen LogP contribution < -0.4 is 10.6 Å². The molecule has 0 saturated heterocycles. The molecule has 22 heteroatoms. The van der Waals surface area contributed by atoms with Crippen LogP contribution in [0.1, 0.15) is 102 Å². The number of nitrogens with one attached hydrogen (secondary N) is 2. The third-order valence-corrected chi connectivity index (χ3v) is 18.1. The van der Waals surface area contributed by atoms with E-state index in [1.54, 1.807) is 65.8 Å². The predicted octanol–water partition coefficient (Wildman–Crippen LogP) is 9.19. The smallest absolute Gasteiger partial charge is 0.375 e. The molecule has 4 saturated carbocycles. The highest BCUT2D eigenvalue weighted by Crippen LogP contribution is 2.46. The van der Waals surface area contributed by atoms with Gasteiger partial charge in [0.05, 0.1) is 79.8 Å². The monoisotopic (exact) mass is 1070 g/mol. The van der Waals surface area contributed by atoms with Crippen molar-refractivity contribution in [1.82, 2.24) is 20.6 Å². The zero-order valence-corrected chi connectivity index (χ0v) is 43.0. The summed E-state index contributed by atoms with van der Waals surface area (Å²) < 4.78 is 151. The fraction of sp³-hybridized carbons (Fsp3) is 0.500. The van der Waals surface area contributed by atoms with Crippen LogP contribution in [0.25, 0.3) is 22.3 Å². The number of halogens is 6. The Hall–Kier alpha value is -5.94. The molecule has 74 heavy (non-hydrogen) atoms. The molecule has 4 aliphatic rings. The molecule has 4 fully saturated rings. The summed E-state index contributed by atoms with van der Waals surface area (Å²) in [5, 5.41) is 21.5. The van der Waals surface area contributed by atoms with Crippen molar-refractivity contribution in [2.45, 2.75) is 161 Å². The number of ether oxygens (including phenoxy) is 2. The van der Waals surface area contributed by atoms with Gasteiger partial charge in [0, 0.05) is 23.8 Å². The van der Waals surface area contributed by atoms with Crippen LogP contribution in [0.3, 0.4) is 0 Å². The lowest BCUT2D eigenvalue weighted by Gasteiger charge is -2.22. The second-order valence-electron chi connectivity index (χ2n) is 20.1. The number of rotatable bonds is 14. The molecule has 4 aromatic rings. The number of hydrogen-bond donors (Lipinski definition) is 2. The highest BCUT2D eigenvalue weighted by molar-refractivity contribution is 7.92. The number of amides is 2. The van der Waals surface area contributed by atoms with Crippen molar-refractivity contribution in [3.63, 3.8) is 0 Å². The molecular weight excluding hydrogens is 1010 g/mol. The number of hydrogen-bond acceptors (Lipinski definition) is 12. The van der Waals surface area contributed by atoms with Crippen LogP contribution in [0, 0.1) is 48.3 Å². The molecule has 396 valence electrons. The zero-order valence-electron chi connectivity index (χ0n) is 41.3. The van der Waals surface area contributed by atoms with E-state index >= 15 is 0 Å². The van der Waals surface area contributed by atoms with E-state index in [9.17, 15) is 63.3 Å². The van der Waals surface area contributed by atoms with Gasteiger partial charge in [-0.1, -0.05) is 12.1 Å². The van der Waals surface area contributed by atoms with Gasteiger partial charge in [-0.05, 0) is 164 Å². The number of aryl methyl sites for hydroxylation is 2. The second-order valence-corrected chi connectivity index (χ2v) is 24.5. The first-order chi connectivity index (χ1) is 34.5. The minimum atomic E-state index is -4.92. The number of carbonyl (C=O) groups is 2. The summed E-state index contributed by atoms with van der Waals surface area (Å²) in [6.45, 7) is 10.3. The first-order valence-corrected chi connectivity index (χ1v) is 27.1. The molecule has 0 spiro atoms. The largest absolute Gasteiger partial charge is 0.417 e. The van der Waals surface area contributed by atoms with Gasteiger partial charge < -0.3 is 20.1 Å². The SMILES string of the molecule is Cc1cc(-c2ccc(S(=O)(=O)[C@@H]3C[C@H](OC(C)C)[C@@H](C(=O)NC4(C#N)CC4)C3)c(C(F)(F)F)c2)ccn1.Cc1cc(-c2ccc(S(=O)(=O)[C@H]3C[C@@H](OC(C)C)[C@H](C(=O)NC4(C#N)CC4)C3)c(C(F)(F)F)c2)ccn1. The Morgan fingerprint density at radius 1 is 0.595 bits per heavy atom. The topological polar surface area (TPSA) is 218 Å². The van der Waals surface area contributed by atoms with Crippen molar-refractivity contribution in [3.8, 4) is 34.4 Å². The van der Waals surface area contributed by atoms with E-state index < -0.39 is 110 Å². The minimum absolute atomic E-state index is 0.124. The summed E-state index contributed by atoms with van der Waals surface area (Å²) in [6.07, 6.45) is -7.83. The zero-order chi connectivity index (χ0) is 54.3. The lowest BCUT2D eigenvalue weighted by molar-refractivity contribution is -0.140. The Kier molecular flexibility index (Phi) is 15.8. The van der Waals surface area contributed by atoms with Crippen LogP contribution >= 0.6 is 0 Å². The highest BCUT2D eigenvalue weighted by atomic mass is 32.2. The van der Waals surface area contributed by atoms with Gasteiger partial charge in [-0.25, -0.2) is 16.8 Å². The van der Waals surface area contributed by atoms with Crippen molar-refractivity contribution < 1.29 is 62.2 Å². The highest BCUT2D eigenvalue weighted by Gasteiger charge is 2.53. The molecular formula is C52H56F6N6O8S2. The van der Waals surface area contributed by atoms with Gasteiger partial charge in [0.2, 0.25) is 11.8 Å². The lowest BCUT2D eigenvalue weighted by atomic mass is 10.0. The summed E-state index contributed by atoms with van der Waals surface area (Å²) in [5.74, 6) is -2.83. The van der Waals surface area contributed by atoms with Crippen molar-refractivity contribution in [3.05, 3.63) is 95.6 Å². The fourth-order valence-corrected chi connectivity index (χ4v) is 13.6. The van der Waals surface area contributed by atoms with E-state index in [-0.39, 0.29) is 49.0 Å². The molecule has 2 aromatic carbocycles. The number of alkyl halides is 6. The molecule has 0 radical (unpaired) electrons. The van der Waals surface area contributed by atoms with Crippen molar-refractivity contribution in [1.29, 1.82) is 10.5 Å². The Balaban J connectivity index is 0.000000216. The number of pyridine rings is 2. The van der Waals surface area contributed by atoms with E-state index in [2.05, 4.69) is 32.7 Å². The van der Waals surface area contributed by atoms with Crippen molar-refractivity contribution in [2.24, 2.45) is 11.8 Å². The standard InChI is InChI=1S/2C26H28F3N3O4S/c2*1-15(2)36-22-13-19(12-20(22)24(33)32-25(14-30)7-8-25)37(34,35)23-5-4-17(11-21(23)26(27,28)29)18-6-9-31-16(3)10-18/h2*4-6,9-11,15,19-20,22H,7-8,12-13H2,1-3H3,(H,32,33)/t2*19-,20-,22-/m10/s1. The molecule has 0 aliphatic heterocycles. The summed E-state index contributed by atoms with van der Waals surface area (Å²) >= 11 is 0. The maximum absolute atomic E-state index is 14.1. The maximum atomic E-state index is 14.1. The summed E-state index contributed by atoms with van der Waals surface area (Å²) in [7, 11) is -8.97. The fourth-order valence-electron chi connectivity index (χ4n) is 9.57. The Labute approximate surface area is 426 Å². The van der Waals surface area contributed by atoms with Crippen LogP contribution in [0.5, 0.6) is 0 Å². The van der Waals surface area contributed by atoms with E-state index in [0.717, 1.165) is 24.3 Å². The van der Waals surface area contributed by atoms with Gasteiger partial charge in [0.25, 0.3) is 0 Å². The van der Waals surface area contributed by atoms with Crippen molar-refractivity contribution in [2.75, 3.05) is 0 Å². The van der Waals surface area contributed by atoms with Crippen LogP contribution in [-0.4, -0.2) is 84.6 Å². The third-order valence-electron chi connectivity index (χ3n) is 13.7. The Morgan fingerprint density at radius 3 is 1.22 bits per heavy atom. The minimum Gasteiger partial charge on any atom is -0.375 e. The summed E-state index contributed by atoms with van der Waals surface area (Å²) in [4.78, 5) is 32.4. The van der Waals surface area contributed by atoms with E-state index in [0.29, 0.717) is 48.2 Å². The number of carbonyl (C=O) groups excluding carboxylic acids is 2. The van der Waals surface area contributed by atoms with Crippen LogP contribution in [0.15, 0.2) is 82.8 Å². The first kappa shape index (κ1) is 55.8. The number of nitrogens with zero attached hydrogens (tertiary/aromatic N) is 4. The number of aromatic nitrogens is 2.